The molecule has 3 amide bonds. The molecule has 0 aromatic heterocycles. The van der Waals surface area contributed by atoms with Crippen molar-refractivity contribution in [3.63, 3.8) is 0 Å². The second-order valence-electron chi connectivity index (χ2n) is 8.91. The molecule has 0 saturated carbocycles. The van der Waals surface area contributed by atoms with Gasteiger partial charge in [-0.05, 0) is 31.4 Å². The molecule has 2 bridgehead atoms. The zero-order chi connectivity index (χ0) is 23.9. The molecule has 3 aliphatic rings. The molecule has 3 fully saturated rings. The van der Waals surface area contributed by atoms with Crippen LogP contribution in [0.1, 0.15) is 33.1 Å². The van der Waals surface area contributed by atoms with Gasteiger partial charge in [-0.3, -0.25) is 14.4 Å². The number of anilines is 1. The number of fused-ring (bicyclic) bond motifs is 1. The number of hydrogen-bond acceptors (Lipinski definition) is 5. The smallest absolute Gasteiger partial charge is 0.248 e. The van der Waals surface area contributed by atoms with E-state index in [4.69, 9.17) is 11.6 Å². The maximum Gasteiger partial charge on any atom is 0.248 e. The Morgan fingerprint density at radius 3 is 2.70 bits per heavy atom. The second-order valence-corrected chi connectivity index (χ2v) is 12.0. The summed E-state index contributed by atoms with van der Waals surface area (Å²) in [6.45, 7) is 4.16. The van der Waals surface area contributed by atoms with Crippen molar-refractivity contribution in [2.24, 2.45) is 11.8 Å². The van der Waals surface area contributed by atoms with Crippen LogP contribution >= 0.6 is 39.3 Å². The number of alkyl halides is 1. The molecule has 1 spiro atoms. The summed E-state index contributed by atoms with van der Waals surface area (Å²) >= 11 is 11.6. The number of aliphatic hydroxyl groups is 1. The molecule has 3 N–H and O–H groups in total. The molecule has 10 heteroatoms. The maximum absolute atomic E-state index is 13.9. The van der Waals surface area contributed by atoms with Crippen molar-refractivity contribution in [3.8, 4) is 0 Å². The lowest BCUT2D eigenvalue weighted by Crippen LogP contribution is -2.55. The average molecular weight is 559 g/mol. The van der Waals surface area contributed by atoms with Gasteiger partial charge in [0.15, 0.2) is 0 Å². The summed E-state index contributed by atoms with van der Waals surface area (Å²) in [5.74, 6) is -1.83. The topological polar surface area (TPSA) is 98.7 Å². The molecular formula is C23H29BrClN3O4S. The number of carbonyl (C=O) groups excluding carboxylic acids is 3. The highest BCUT2D eigenvalue weighted by molar-refractivity contribution is 9.09. The number of thioether (sulfide) groups is 1. The monoisotopic (exact) mass is 557 g/mol. The van der Waals surface area contributed by atoms with Gasteiger partial charge in [0.05, 0.1) is 39.9 Å². The Labute approximate surface area is 211 Å². The van der Waals surface area contributed by atoms with Gasteiger partial charge < -0.3 is 20.6 Å². The lowest BCUT2D eigenvalue weighted by Gasteiger charge is -2.37. The fraction of sp³-hybridized carbons (Fsp3) is 0.609. The van der Waals surface area contributed by atoms with E-state index in [1.165, 1.54) is 0 Å². The largest absolute Gasteiger partial charge is 0.394 e. The number of halogens is 2. The number of rotatable bonds is 8. The average Bonchev–Trinajstić information content (AvgIpc) is 3.38. The first-order valence-corrected chi connectivity index (χ1v) is 13.6. The van der Waals surface area contributed by atoms with Crippen LogP contribution in [-0.2, 0) is 14.4 Å². The van der Waals surface area contributed by atoms with E-state index in [0.717, 1.165) is 6.42 Å². The molecule has 0 radical (unpaired) electrons. The van der Waals surface area contributed by atoms with E-state index in [2.05, 4.69) is 26.6 Å². The highest BCUT2D eigenvalue weighted by Gasteiger charge is 2.76. The Bertz CT molecular complexity index is 948. The molecule has 7 nitrogen and oxygen atoms in total. The third-order valence-electron chi connectivity index (χ3n) is 7.03. The fourth-order valence-electron chi connectivity index (χ4n) is 5.60. The number of para-hydroxylation sites is 1. The number of hydrogen-bond donors (Lipinski definition) is 3. The molecule has 180 valence electrons. The van der Waals surface area contributed by atoms with E-state index in [0.29, 0.717) is 30.1 Å². The van der Waals surface area contributed by atoms with E-state index in [-0.39, 0.29) is 34.4 Å². The van der Waals surface area contributed by atoms with Crippen molar-refractivity contribution in [2.45, 2.75) is 60.0 Å². The van der Waals surface area contributed by atoms with Crippen molar-refractivity contribution in [1.82, 2.24) is 10.2 Å². The quantitative estimate of drug-likeness (QED) is 0.426. The molecule has 3 heterocycles. The van der Waals surface area contributed by atoms with Gasteiger partial charge in [0.25, 0.3) is 0 Å². The number of likely N-dealkylation sites (tertiary alicyclic amines) is 1. The number of aliphatic hydroxyl groups excluding tert-OH is 1. The first-order valence-electron chi connectivity index (χ1n) is 11.4. The molecule has 4 rings (SSSR count). The summed E-state index contributed by atoms with van der Waals surface area (Å²) in [6, 6.07) is 5.64. The zero-order valence-electron chi connectivity index (χ0n) is 18.6. The Kier molecular flexibility index (Phi) is 7.34. The molecule has 33 heavy (non-hydrogen) atoms. The van der Waals surface area contributed by atoms with Gasteiger partial charge in [-0.15, -0.1) is 11.8 Å². The van der Waals surface area contributed by atoms with Gasteiger partial charge in [0, 0.05) is 16.6 Å². The van der Waals surface area contributed by atoms with Crippen molar-refractivity contribution in [3.05, 3.63) is 29.3 Å². The van der Waals surface area contributed by atoms with Gasteiger partial charge in [-0.1, -0.05) is 53.5 Å². The summed E-state index contributed by atoms with van der Waals surface area (Å²) in [4.78, 5) is 42.3. The molecule has 0 aliphatic carbocycles. The van der Waals surface area contributed by atoms with Crippen LogP contribution in [0.4, 0.5) is 5.69 Å². The van der Waals surface area contributed by atoms with Crippen LogP contribution in [-0.4, -0.2) is 67.8 Å². The summed E-state index contributed by atoms with van der Waals surface area (Å²) in [5, 5.41) is 16.3. The van der Waals surface area contributed by atoms with Gasteiger partial charge in [0.2, 0.25) is 17.7 Å². The van der Waals surface area contributed by atoms with Gasteiger partial charge in [-0.25, -0.2) is 0 Å². The molecular weight excluding hydrogens is 530 g/mol. The Balaban J connectivity index is 1.75. The van der Waals surface area contributed by atoms with Gasteiger partial charge in [-0.2, -0.15) is 0 Å². The highest BCUT2D eigenvalue weighted by Crippen LogP contribution is 2.68. The van der Waals surface area contributed by atoms with Gasteiger partial charge in [0.1, 0.15) is 6.04 Å². The molecule has 1 aromatic rings. The third-order valence-corrected chi connectivity index (χ3v) is 10.6. The standard InChI is InChI=1S/C23H29BrClN3O4S/c1-3-9-26-20(30)16-17-22(32)28(12(4-2)11-29)19(23(17)10-13(24)18(16)33-23)21(31)27-15-8-6-5-7-14(15)25/h5-8,12-13,16-19,29H,3-4,9-11H2,1-2H3,(H,26,30)(H,27,31)/t12-,13?,16+,17-,18+,19?,23?/m0/s1. The SMILES string of the molecule is CCCNC(=O)[C@H]1[C@@H]2SC3(CC2Br)C(C(=O)Nc2ccccc2Cl)N([C@@H](CC)CO)C(=O)[C@H]13. The van der Waals surface area contributed by atoms with E-state index >= 15 is 0 Å². The number of carbonyl (C=O) groups is 3. The summed E-state index contributed by atoms with van der Waals surface area (Å²) < 4.78 is -0.752. The number of amides is 3. The minimum absolute atomic E-state index is 0.00805. The molecule has 3 saturated heterocycles. The summed E-state index contributed by atoms with van der Waals surface area (Å²) in [7, 11) is 0. The number of nitrogens with one attached hydrogen (secondary N) is 2. The van der Waals surface area contributed by atoms with Crippen LogP contribution in [0.3, 0.4) is 0 Å². The molecule has 3 unspecified atom stereocenters. The Hall–Kier alpha value is -1.29. The minimum Gasteiger partial charge on any atom is -0.394 e. The van der Waals surface area contributed by atoms with Gasteiger partial charge >= 0.3 is 0 Å². The number of benzene rings is 1. The first-order chi connectivity index (χ1) is 15.8. The number of nitrogens with zero attached hydrogens (tertiary/aromatic N) is 1. The molecule has 1 aromatic carbocycles. The van der Waals surface area contributed by atoms with E-state index in [9.17, 15) is 19.5 Å². The van der Waals surface area contributed by atoms with Crippen molar-refractivity contribution in [2.75, 3.05) is 18.5 Å². The predicted molar refractivity (Wildman–Crippen MR) is 134 cm³/mol. The van der Waals surface area contributed by atoms with Crippen LogP contribution < -0.4 is 10.6 Å². The molecule has 3 aliphatic heterocycles. The van der Waals surface area contributed by atoms with E-state index < -0.39 is 28.7 Å². The third kappa shape index (κ3) is 3.98. The summed E-state index contributed by atoms with van der Waals surface area (Å²) in [6.07, 6.45) is 1.89. The van der Waals surface area contributed by atoms with Crippen LogP contribution in [0.15, 0.2) is 24.3 Å². The Morgan fingerprint density at radius 2 is 2.06 bits per heavy atom. The zero-order valence-corrected chi connectivity index (χ0v) is 21.8. The summed E-state index contributed by atoms with van der Waals surface area (Å²) in [5.41, 5.74) is 0.471. The van der Waals surface area contributed by atoms with Crippen molar-refractivity contribution >= 4 is 62.7 Å². The minimum atomic E-state index is -0.817. The van der Waals surface area contributed by atoms with Crippen molar-refractivity contribution in [1.29, 1.82) is 0 Å². The fourth-order valence-corrected chi connectivity index (χ4v) is 9.39. The van der Waals surface area contributed by atoms with Crippen LogP contribution in [0.2, 0.25) is 5.02 Å². The molecule has 7 atom stereocenters. The maximum atomic E-state index is 13.9. The van der Waals surface area contributed by atoms with E-state index in [1.54, 1.807) is 40.9 Å². The van der Waals surface area contributed by atoms with Crippen LogP contribution in [0.5, 0.6) is 0 Å². The lowest BCUT2D eigenvalue weighted by molar-refractivity contribution is -0.142. The predicted octanol–water partition coefficient (Wildman–Crippen LogP) is 3.04. The second kappa shape index (κ2) is 9.76. The van der Waals surface area contributed by atoms with E-state index in [1.807, 2.05) is 13.8 Å². The Morgan fingerprint density at radius 1 is 1.33 bits per heavy atom. The first kappa shape index (κ1) is 24.8. The van der Waals surface area contributed by atoms with Crippen LogP contribution in [0, 0.1) is 11.8 Å². The van der Waals surface area contributed by atoms with Crippen molar-refractivity contribution < 1.29 is 19.5 Å². The lowest BCUT2D eigenvalue weighted by atomic mass is 9.70. The normalized spacial score (nSPS) is 33.2. The van der Waals surface area contributed by atoms with Crippen LogP contribution in [0.25, 0.3) is 0 Å². The highest BCUT2D eigenvalue weighted by atomic mass is 79.9.